The number of nitrogens with one attached hydrogen (secondary N) is 1. The Kier molecular flexibility index (Phi) is 4.47. The number of rotatable bonds is 5. The monoisotopic (exact) mass is 333 g/mol. The predicted molar refractivity (Wildman–Crippen MR) is 88.6 cm³/mol. The Bertz CT molecular complexity index is 783. The summed E-state index contributed by atoms with van der Waals surface area (Å²) in [5.74, 6) is -0.279. The molecule has 0 bridgehead atoms. The zero-order valence-corrected chi connectivity index (χ0v) is 13.5. The van der Waals surface area contributed by atoms with Gasteiger partial charge in [-0.05, 0) is 40.8 Å². The van der Waals surface area contributed by atoms with Crippen molar-refractivity contribution in [2.45, 2.75) is 11.3 Å². The molecule has 5 nitrogen and oxygen atoms in total. The fourth-order valence-corrected chi connectivity index (χ4v) is 3.42. The van der Waals surface area contributed by atoms with Crippen LogP contribution in [0.25, 0.3) is 5.52 Å². The minimum Gasteiger partial charge on any atom is -0.387 e. The molecule has 7 heteroatoms. The molecule has 0 saturated heterocycles. The number of hydrogen-bond donors (Lipinski definition) is 2. The van der Waals surface area contributed by atoms with Gasteiger partial charge in [0.1, 0.15) is 0 Å². The van der Waals surface area contributed by atoms with E-state index >= 15 is 0 Å². The summed E-state index contributed by atoms with van der Waals surface area (Å²) in [7, 11) is 0. The number of imidazole rings is 1. The van der Waals surface area contributed by atoms with E-state index in [1.54, 1.807) is 0 Å². The van der Waals surface area contributed by atoms with Crippen LogP contribution in [0, 0.1) is 0 Å². The van der Waals surface area contributed by atoms with Crippen molar-refractivity contribution in [1.29, 1.82) is 0 Å². The largest absolute Gasteiger partial charge is 0.387 e. The lowest BCUT2D eigenvalue weighted by atomic mass is 10.2. The van der Waals surface area contributed by atoms with E-state index in [9.17, 15) is 9.90 Å². The van der Waals surface area contributed by atoms with Gasteiger partial charge in [-0.1, -0.05) is 17.8 Å². The van der Waals surface area contributed by atoms with Gasteiger partial charge in [-0.2, -0.15) is 11.3 Å². The Morgan fingerprint density at radius 2 is 2.36 bits per heavy atom. The van der Waals surface area contributed by atoms with Crippen molar-refractivity contribution >= 4 is 34.5 Å². The van der Waals surface area contributed by atoms with Gasteiger partial charge in [0, 0.05) is 12.7 Å². The maximum Gasteiger partial charge on any atom is 0.272 e. The van der Waals surface area contributed by atoms with Gasteiger partial charge in [-0.3, -0.25) is 9.20 Å². The third kappa shape index (κ3) is 2.87. The molecule has 1 amide bonds. The predicted octanol–water partition coefficient (Wildman–Crippen LogP) is 2.58. The molecule has 0 saturated carbocycles. The van der Waals surface area contributed by atoms with Crippen LogP contribution in [0.15, 0.2) is 46.4 Å². The molecule has 22 heavy (non-hydrogen) atoms. The lowest BCUT2D eigenvalue weighted by Gasteiger charge is -2.09. The molecule has 0 fully saturated rings. The van der Waals surface area contributed by atoms with Gasteiger partial charge in [0.05, 0.1) is 11.6 Å². The van der Waals surface area contributed by atoms with Gasteiger partial charge < -0.3 is 10.4 Å². The van der Waals surface area contributed by atoms with E-state index in [0.29, 0.717) is 5.69 Å². The first-order valence-electron chi connectivity index (χ1n) is 6.70. The first-order chi connectivity index (χ1) is 10.7. The Balaban J connectivity index is 1.78. The second kappa shape index (κ2) is 6.51. The highest BCUT2D eigenvalue weighted by Crippen LogP contribution is 2.20. The molecule has 3 rings (SSSR count). The summed E-state index contributed by atoms with van der Waals surface area (Å²) in [5.41, 5.74) is 1.95. The highest BCUT2D eigenvalue weighted by Gasteiger charge is 2.18. The van der Waals surface area contributed by atoms with Crippen molar-refractivity contribution in [3.63, 3.8) is 0 Å². The van der Waals surface area contributed by atoms with Crippen LogP contribution in [0.3, 0.4) is 0 Å². The fourth-order valence-electron chi connectivity index (χ4n) is 2.18. The number of aliphatic hydroxyl groups excluding tert-OH is 1. The molecule has 0 spiro atoms. The summed E-state index contributed by atoms with van der Waals surface area (Å²) in [6.45, 7) is 0.163. The van der Waals surface area contributed by atoms with Gasteiger partial charge in [0.2, 0.25) is 0 Å². The van der Waals surface area contributed by atoms with Crippen molar-refractivity contribution in [2.24, 2.45) is 0 Å². The second-order valence-electron chi connectivity index (χ2n) is 4.69. The molecule has 1 unspecified atom stereocenters. The van der Waals surface area contributed by atoms with Crippen LogP contribution in [0.1, 0.15) is 22.2 Å². The van der Waals surface area contributed by atoms with E-state index in [1.165, 1.54) is 23.1 Å². The minimum absolute atomic E-state index is 0.163. The molecule has 0 aromatic carbocycles. The van der Waals surface area contributed by atoms with Crippen LogP contribution in [0.5, 0.6) is 0 Å². The molecule has 3 heterocycles. The van der Waals surface area contributed by atoms with E-state index in [-0.39, 0.29) is 12.5 Å². The number of hydrogen-bond acceptors (Lipinski definition) is 5. The average molecular weight is 333 g/mol. The van der Waals surface area contributed by atoms with Crippen LogP contribution in [-0.4, -0.2) is 33.2 Å². The molecule has 1 atom stereocenters. The van der Waals surface area contributed by atoms with Gasteiger partial charge in [0.25, 0.3) is 5.91 Å². The van der Waals surface area contributed by atoms with Crippen molar-refractivity contribution in [1.82, 2.24) is 14.7 Å². The van der Waals surface area contributed by atoms with Gasteiger partial charge >= 0.3 is 0 Å². The number of fused-ring (bicyclic) bond motifs is 1. The Labute approximate surface area is 136 Å². The van der Waals surface area contributed by atoms with Gasteiger partial charge in [-0.15, -0.1) is 0 Å². The second-order valence-corrected chi connectivity index (χ2v) is 6.24. The first kappa shape index (κ1) is 15.1. The summed E-state index contributed by atoms with van der Waals surface area (Å²) in [6.07, 6.45) is 3.10. The number of thioether (sulfide) groups is 1. The molecule has 114 valence electrons. The summed E-state index contributed by atoms with van der Waals surface area (Å²) >= 11 is 3.00. The number of pyridine rings is 1. The lowest BCUT2D eigenvalue weighted by Crippen LogP contribution is -2.28. The maximum atomic E-state index is 12.4. The minimum atomic E-state index is -0.705. The van der Waals surface area contributed by atoms with Gasteiger partial charge in [0.15, 0.2) is 10.9 Å². The Hall–Kier alpha value is -1.83. The summed E-state index contributed by atoms with van der Waals surface area (Å²) in [6, 6.07) is 7.48. The third-order valence-electron chi connectivity index (χ3n) is 3.30. The molecule has 3 aromatic rings. The summed E-state index contributed by atoms with van der Waals surface area (Å²) in [5, 5.41) is 17.3. The SMILES string of the molecule is CSc1nc(C(=O)NCC(O)c2ccsc2)c2ccccn12. The molecule has 3 aromatic heterocycles. The highest BCUT2D eigenvalue weighted by atomic mass is 32.2. The van der Waals surface area contributed by atoms with E-state index in [0.717, 1.165) is 16.2 Å². The van der Waals surface area contributed by atoms with Crippen molar-refractivity contribution in [3.05, 3.63) is 52.5 Å². The number of nitrogens with zero attached hydrogens (tertiary/aromatic N) is 2. The smallest absolute Gasteiger partial charge is 0.272 e. The van der Waals surface area contributed by atoms with E-state index in [4.69, 9.17) is 0 Å². The average Bonchev–Trinajstić information content (AvgIpc) is 3.19. The van der Waals surface area contributed by atoms with E-state index in [2.05, 4.69) is 10.3 Å². The third-order valence-corrected chi connectivity index (χ3v) is 4.65. The van der Waals surface area contributed by atoms with Crippen molar-refractivity contribution in [2.75, 3.05) is 12.8 Å². The molecule has 0 aliphatic carbocycles. The van der Waals surface area contributed by atoms with Crippen LogP contribution < -0.4 is 5.32 Å². The summed E-state index contributed by atoms with van der Waals surface area (Å²) < 4.78 is 1.88. The molecule has 2 N–H and O–H groups in total. The number of carbonyl (C=O) groups excluding carboxylic acids is 1. The standard InChI is InChI=1S/C15H15N3O2S2/c1-21-15-17-13(11-4-2-3-6-18(11)15)14(20)16-8-12(19)10-5-7-22-9-10/h2-7,9,12,19H,8H2,1H3,(H,16,20). The van der Waals surface area contributed by atoms with Gasteiger partial charge in [-0.25, -0.2) is 4.98 Å². The Morgan fingerprint density at radius 3 is 3.09 bits per heavy atom. The number of amides is 1. The molecular formula is C15H15N3O2S2. The fraction of sp³-hybridized carbons (Fsp3) is 0.200. The van der Waals surface area contributed by atoms with Crippen molar-refractivity contribution < 1.29 is 9.90 Å². The summed E-state index contributed by atoms with van der Waals surface area (Å²) in [4.78, 5) is 16.7. The maximum absolute atomic E-state index is 12.4. The molecule has 0 aliphatic rings. The highest BCUT2D eigenvalue weighted by molar-refractivity contribution is 7.98. The van der Waals surface area contributed by atoms with Crippen LogP contribution in [0.2, 0.25) is 0 Å². The Morgan fingerprint density at radius 1 is 1.50 bits per heavy atom. The number of carbonyl (C=O) groups is 1. The molecule has 0 radical (unpaired) electrons. The number of aromatic nitrogens is 2. The lowest BCUT2D eigenvalue weighted by molar-refractivity contribution is 0.0913. The van der Waals surface area contributed by atoms with E-state index < -0.39 is 6.10 Å². The van der Waals surface area contributed by atoms with Crippen LogP contribution in [-0.2, 0) is 0 Å². The zero-order valence-electron chi connectivity index (χ0n) is 11.9. The quantitative estimate of drug-likeness (QED) is 0.704. The number of aliphatic hydroxyl groups is 1. The topological polar surface area (TPSA) is 66.6 Å². The van der Waals surface area contributed by atoms with Crippen molar-refractivity contribution in [3.8, 4) is 0 Å². The number of thiophene rings is 1. The zero-order chi connectivity index (χ0) is 15.5. The van der Waals surface area contributed by atoms with Crippen LogP contribution in [0.4, 0.5) is 0 Å². The molecule has 0 aliphatic heterocycles. The normalized spacial score (nSPS) is 12.5. The van der Waals surface area contributed by atoms with E-state index in [1.807, 2.05) is 51.9 Å². The first-order valence-corrected chi connectivity index (χ1v) is 8.87. The molecular weight excluding hydrogens is 318 g/mol. The van der Waals surface area contributed by atoms with Crippen LogP contribution >= 0.6 is 23.1 Å².